The zero-order chi connectivity index (χ0) is 18.8. The SMILES string of the molecule is O=C(c1ccc(F)cc1)N1CC(CN2CCCC2)C(c2ccc(F)cc2)C1. The average molecular weight is 370 g/mol. The normalized spacial score (nSPS) is 23.1. The zero-order valence-corrected chi connectivity index (χ0v) is 15.3. The molecule has 4 rings (SSSR count). The highest BCUT2D eigenvalue weighted by atomic mass is 19.1. The molecule has 0 aliphatic carbocycles. The van der Waals surface area contributed by atoms with Crippen LogP contribution in [0.25, 0.3) is 0 Å². The topological polar surface area (TPSA) is 23.6 Å². The van der Waals surface area contributed by atoms with Crippen LogP contribution in [0.15, 0.2) is 48.5 Å². The predicted molar refractivity (Wildman–Crippen MR) is 101 cm³/mol. The second-order valence-electron chi connectivity index (χ2n) is 7.64. The summed E-state index contributed by atoms with van der Waals surface area (Å²) in [5, 5.41) is 0. The van der Waals surface area contributed by atoms with Crippen molar-refractivity contribution < 1.29 is 13.6 Å². The summed E-state index contributed by atoms with van der Waals surface area (Å²) >= 11 is 0. The van der Waals surface area contributed by atoms with Crippen LogP contribution in [0.5, 0.6) is 0 Å². The van der Waals surface area contributed by atoms with E-state index in [-0.39, 0.29) is 23.5 Å². The Balaban J connectivity index is 1.54. The summed E-state index contributed by atoms with van der Waals surface area (Å²) in [5.74, 6) is -0.143. The van der Waals surface area contributed by atoms with Crippen molar-refractivity contribution in [1.29, 1.82) is 0 Å². The van der Waals surface area contributed by atoms with E-state index in [4.69, 9.17) is 0 Å². The zero-order valence-electron chi connectivity index (χ0n) is 15.3. The minimum atomic E-state index is -0.343. The highest BCUT2D eigenvalue weighted by molar-refractivity contribution is 5.94. The van der Waals surface area contributed by atoms with Gasteiger partial charge in [0.05, 0.1) is 0 Å². The molecule has 0 saturated carbocycles. The molecule has 142 valence electrons. The highest BCUT2D eigenvalue weighted by Crippen LogP contribution is 2.34. The lowest BCUT2D eigenvalue weighted by Gasteiger charge is -2.24. The van der Waals surface area contributed by atoms with Crippen LogP contribution in [0.2, 0.25) is 0 Å². The lowest BCUT2D eigenvalue weighted by molar-refractivity contribution is 0.0783. The van der Waals surface area contributed by atoms with Gasteiger partial charge in [0, 0.05) is 31.1 Å². The van der Waals surface area contributed by atoms with Gasteiger partial charge in [0.15, 0.2) is 0 Å². The number of carbonyl (C=O) groups excluding carboxylic acids is 1. The molecule has 0 radical (unpaired) electrons. The van der Waals surface area contributed by atoms with E-state index in [0.29, 0.717) is 24.6 Å². The number of benzene rings is 2. The number of amides is 1. The first-order chi connectivity index (χ1) is 13.1. The van der Waals surface area contributed by atoms with Crippen molar-refractivity contribution in [2.24, 2.45) is 5.92 Å². The molecule has 2 aromatic rings. The fourth-order valence-electron chi connectivity index (χ4n) is 4.38. The monoisotopic (exact) mass is 370 g/mol. The average Bonchev–Trinajstić information content (AvgIpc) is 3.33. The van der Waals surface area contributed by atoms with E-state index in [1.807, 2.05) is 17.0 Å². The standard InChI is InChI=1S/C22H24F2N2O/c23-19-7-3-16(4-8-19)21-15-26(14-18(21)13-25-11-1-2-12-25)22(27)17-5-9-20(24)10-6-17/h3-10,18,21H,1-2,11-15H2. The highest BCUT2D eigenvalue weighted by Gasteiger charge is 2.37. The van der Waals surface area contributed by atoms with Crippen LogP contribution in [0, 0.1) is 17.6 Å². The largest absolute Gasteiger partial charge is 0.338 e. The molecule has 2 aliphatic heterocycles. The Bertz CT molecular complexity index is 785. The molecule has 27 heavy (non-hydrogen) atoms. The minimum Gasteiger partial charge on any atom is -0.338 e. The summed E-state index contributed by atoms with van der Waals surface area (Å²) in [4.78, 5) is 17.2. The maximum absolute atomic E-state index is 13.4. The van der Waals surface area contributed by atoms with Gasteiger partial charge in [-0.3, -0.25) is 4.79 Å². The first kappa shape index (κ1) is 18.1. The number of likely N-dealkylation sites (tertiary alicyclic amines) is 2. The van der Waals surface area contributed by atoms with E-state index >= 15 is 0 Å². The molecule has 1 amide bonds. The molecule has 0 aromatic heterocycles. The van der Waals surface area contributed by atoms with Gasteiger partial charge >= 0.3 is 0 Å². The Morgan fingerprint density at radius 3 is 2.11 bits per heavy atom. The molecule has 2 fully saturated rings. The maximum Gasteiger partial charge on any atom is 0.253 e. The summed E-state index contributed by atoms with van der Waals surface area (Å²) in [7, 11) is 0. The number of rotatable bonds is 4. The molecule has 0 N–H and O–H groups in total. The van der Waals surface area contributed by atoms with Gasteiger partial charge in [0.1, 0.15) is 11.6 Å². The number of nitrogens with zero attached hydrogens (tertiary/aromatic N) is 2. The molecule has 0 spiro atoms. The van der Waals surface area contributed by atoms with Crippen LogP contribution in [0.1, 0.15) is 34.7 Å². The van der Waals surface area contributed by atoms with Crippen molar-refractivity contribution in [3.63, 3.8) is 0 Å². The second kappa shape index (κ2) is 7.77. The number of hydrogen-bond acceptors (Lipinski definition) is 2. The van der Waals surface area contributed by atoms with Gasteiger partial charge in [-0.25, -0.2) is 8.78 Å². The Labute approximate surface area is 158 Å². The van der Waals surface area contributed by atoms with Crippen LogP contribution in [0.3, 0.4) is 0 Å². The summed E-state index contributed by atoms with van der Waals surface area (Å²) in [5.41, 5.74) is 1.59. The van der Waals surface area contributed by atoms with Gasteiger partial charge in [-0.05, 0) is 73.8 Å². The maximum atomic E-state index is 13.4. The molecule has 0 bridgehead atoms. The van der Waals surface area contributed by atoms with E-state index in [1.54, 1.807) is 12.1 Å². The van der Waals surface area contributed by atoms with Gasteiger partial charge in [-0.15, -0.1) is 0 Å². The smallest absolute Gasteiger partial charge is 0.253 e. The van der Waals surface area contributed by atoms with Gasteiger partial charge < -0.3 is 9.80 Å². The lowest BCUT2D eigenvalue weighted by atomic mass is 9.88. The predicted octanol–water partition coefficient (Wildman–Crippen LogP) is 3.92. The Morgan fingerprint density at radius 1 is 0.889 bits per heavy atom. The molecule has 5 heteroatoms. The van der Waals surface area contributed by atoms with E-state index in [0.717, 1.165) is 25.2 Å². The molecular weight excluding hydrogens is 346 g/mol. The molecule has 2 atom stereocenters. The van der Waals surface area contributed by atoms with Crippen LogP contribution >= 0.6 is 0 Å². The van der Waals surface area contributed by atoms with Gasteiger partial charge in [0.2, 0.25) is 0 Å². The van der Waals surface area contributed by atoms with Crippen LogP contribution < -0.4 is 0 Å². The van der Waals surface area contributed by atoms with Gasteiger partial charge in [0.25, 0.3) is 5.91 Å². The third-order valence-corrected chi connectivity index (χ3v) is 5.81. The van der Waals surface area contributed by atoms with E-state index in [2.05, 4.69) is 4.90 Å². The van der Waals surface area contributed by atoms with Crippen molar-refractivity contribution in [2.45, 2.75) is 18.8 Å². The van der Waals surface area contributed by atoms with Crippen LogP contribution in [0.4, 0.5) is 8.78 Å². The molecule has 3 nitrogen and oxygen atoms in total. The summed E-state index contributed by atoms with van der Waals surface area (Å²) in [6, 6.07) is 12.4. The van der Waals surface area contributed by atoms with Crippen molar-refractivity contribution in [1.82, 2.24) is 9.80 Å². The lowest BCUT2D eigenvalue weighted by Crippen LogP contribution is -2.32. The number of hydrogen-bond donors (Lipinski definition) is 0. The number of halogens is 2. The minimum absolute atomic E-state index is 0.0639. The molecule has 2 saturated heterocycles. The van der Waals surface area contributed by atoms with Crippen molar-refractivity contribution in [3.8, 4) is 0 Å². The first-order valence-corrected chi connectivity index (χ1v) is 9.63. The fourth-order valence-corrected chi connectivity index (χ4v) is 4.38. The van der Waals surface area contributed by atoms with Gasteiger partial charge in [-0.2, -0.15) is 0 Å². The molecule has 2 heterocycles. The molecule has 2 aliphatic rings. The van der Waals surface area contributed by atoms with Gasteiger partial charge in [-0.1, -0.05) is 12.1 Å². The molecular formula is C22H24F2N2O. The van der Waals surface area contributed by atoms with Crippen molar-refractivity contribution in [2.75, 3.05) is 32.7 Å². The molecule has 2 aromatic carbocycles. The molecule has 2 unspecified atom stereocenters. The third-order valence-electron chi connectivity index (χ3n) is 5.81. The quantitative estimate of drug-likeness (QED) is 0.815. The Morgan fingerprint density at radius 2 is 1.48 bits per heavy atom. The van der Waals surface area contributed by atoms with E-state index < -0.39 is 0 Å². The Hall–Kier alpha value is -2.27. The third kappa shape index (κ3) is 4.03. The summed E-state index contributed by atoms with van der Waals surface area (Å²) in [6.07, 6.45) is 2.46. The summed E-state index contributed by atoms with van der Waals surface area (Å²) < 4.78 is 26.5. The Kier molecular flexibility index (Phi) is 5.21. The van der Waals surface area contributed by atoms with E-state index in [1.165, 1.54) is 37.1 Å². The van der Waals surface area contributed by atoms with Crippen LogP contribution in [-0.2, 0) is 0 Å². The first-order valence-electron chi connectivity index (χ1n) is 9.63. The van der Waals surface area contributed by atoms with E-state index in [9.17, 15) is 13.6 Å². The second-order valence-corrected chi connectivity index (χ2v) is 7.64. The number of carbonyl (C=O) groups is 1. The van der Waals surface area contributed by atoms with Crippen molar-refractivity contribution in [3.05, 3.63) is 71.3 Å². The fraction of sp³-hybridized carbons (Fsp3) is 0.409. The summed E-state index contributed by atoms with van der Waals surface area (Å²) in [6.45, 7) is 4.46. The van der Waals surface area contributed by atoms with Crippen molar-refractivity contribution >= 4 is 5.91 Å². The van der Waals surface area contributed by atoms with Crippen LogP contribution in [-0.4, -0.2) is 48.4 Å².